The molecule has 2 aromatic heterocycles. The van der Waals surface area contributed by atoms with Crippen LogP contribution in [0.25, 0.3) is 61.4 Å². The van der Waals surface area contributed by atoms with Gasteiger partial charge in [-0.25, -0.2) is 4.98 Å². The molecule has 5 heterocycles. The number of carbonyl (C=O) groups is 4. The molecule has 3 fully saturated rings. The second kappa shape index (κ2) is 26.0. The van der Waals surface area contributed by atoms with Crippen molar-refractivity contribution in [2.24, 2.45) is 0 Å². The van der Waals surface area contributed by atoms with E-state index in [0.29, 0.717) is 5.75 Å². The summed E-state index contributed by atoms with van der Waals surface area (Å²) in [5.74, 6) is -1.36. The molecule has 19 heteroatoms. The number of benzene rings is 5. The first-order valence-electron chi connectivity index (χ1n) is 28.2. The Balaban J connectivity index is 0.916. The molecule has 3 aliphatic heterocycles. The fourth-order valence-corrected chi connectivity index (χ4v) is 11.2. The normalized spacial score (nSPS) is 19.8. The summed E-state index contributed by atoms with van der Waals surface area (Å²) in [6, 6.07) is 41.2. The zero-order valence-corrected chi connectivity index (χ0v) is 47.8. The van der Waals surface area contributed by atoms with E-state index >= 15 is 0 Å². The van der Waals surface area contributed by atoms with Crippen LogP contribution in [-0.2, 0) is 58.9 Å². The molecule has 7 aromatic rings. The Morgan fingerprint density at radius 2 is 1.11 bits per heavy atom. The van der Waals surface area contributed by atoms with Crippen molar-refractivity contribution in [2.45, 2.75) is 71.9 Å². The maximum Gasteiger partial charge on any atom is 0.303 e. The number of hydrogen-bond acceptors (Lipinski definition) is 17. The first kappa shape index (κ1) is 57.4. The van der Waals surface area contributed by atoms with Crippen molar-refractivity contribution < 1.29 is 57.1 Å². The lowest BCUT2D eigenvalue weighted by atomic mass is 9.98. The molecule has 0 amide bonds. The molecular formula is C63H73N7O12. The summed E-state index contributed by atoms with van der Waals surface area (Å²) in [6.45, 7) is 15.7. The molecule has 0 spiro atoms. The van der Waals surface area contributed by atoms with Gasteiger partial charge in [-0.3, -0.25) is 23.7 Å². The first-order valence-corrected chi connectivity index (χ1v) is 28.2. The number of ether oxygens (including phenoxy) is 8. The monoisotopic (exact) mass is 1120 g/mol. The van der Waals surface area contributed by atoms with E-state index in [1.54, 1.807) is 0 Å². The summed E-state index contributed by atoms with van der Waals surface area (Å²) in [5, 5.41) is 2.36. The number of aryl methyl sites for hydroxylation is 1. The standard InChI is InChI=1S/C63H73N7O12/c1-8-69-54-12-10-9-11-52(54)53-39-47(17-26-55(53)69)62-64-57(45-13-18-48(19-14-45)67-31-27-65(6)28-32-67)58(46-15-20-49(21-16-46)68-33-29-66(7)30-34-68)70(62)50-22-24-51(25-23-50)76-37-35-75-36-38-77-63-61(81-44(5)74)60(80-43(4)73)59(79-42(3)72)56(82-63)40-78-41(2)71/h9-26,39,56,59-61,63H,8,27-38,40H2,1-7H3/t56-,59-,60+,61-,63-/m1/s1. The summed E-state index contributed by atoms with van der Waals surface area (Å²) in [4.78, 5) is 63.8. The molecule has 19 nitrogen and oxygen atoms in total. The summed E-state index contributed by atoms with van der Waals surface area (Å²) < 4.78 is 50.5. The van der Waals surface area contributed by atoms with Crippen molar-refractivity contribution in [1.29, 1.82) is 0 Å². The lowest BCUT2D eigenvalue weighted by Crippen LogP contribution is -2.63. The van der Waals surface area contributed by atoms with Crippen LogP contribution in [0.3, 0.4) is 0 Å². The molecule has 0 radical (unpaired) electrons. The zero-order chi connectivity index (χ0) is 57.4. The molecule has 0 unspecified atom stereocenters. The van der Waals surface area contributed by atoms with Crippen LogP contribution < -0.4 is 14.5 Å². The van der Waals surface area contributed by atoms with E-state index in [1.165, 1.54) is 47.0 Å². The van der Waals surface area contributed by atoms with E-state index < -0.39 is 54.6 Å². The third-order valence-corrected chi connectivity index (χ3v) is 15.3. The highest BCUT2D eigenvalue weighted by Gasteiger charge is 2.53. The Hall–Kier alpha value is -7.81. The highest BCUT2D eigenvalue weighted by atomic mass is 16.7. The Kier molecular flexibility index (Phi) is 18.2. The fourth-order valence-electron chi connectivity index (χ4n) is 11.2. The minimum absolute atomic E-state index is 0.0490. The number of piperazine rings is 2. The Labute approximate surface area is 478 Å². The lowest BCUT2D eigenvalue weighted by molar-refractivity contribution is -0.309. The molecule has 3 saturated heterocycles. The van der Waals surface area contributed by atoms with Crippen LogP contribution in [0.5, 0.6) is 5.75 Å². The van der Waals surface area contributed by atoms with Crippen molar-refractivity contribution in [2.75, 3.05) is 109 Å². The van der Waals surface area contributed by atoms with Crippen molar-refractivity contribution in [1.82, 2.24) is 23.9 Å². The van der Waals surface area contributed by atoms with Gasteiger partial charge >= 0.3 is 23.9 Å². The van der Waals surface area contributed by atoms with Crippen LogP contribution in [0, 0.1) is 0 Å². The number of nitrogens with zero attached hydrogens (tertiary/aromatic N) is 7. The number of fused-ring (bicyclic) bond motifs is 3. The molecule has 0 N–H and O–H groups in total. The average Bonchev–Trinajstić information content (AvgIpc) is 4.26. The van der Waals surface area contributed by atoms with E-state index in [0.717, 1.165) is 112 Å². The largest absolute Gasteiger partial charge is 0.491 e. The number of aromatic nitrogens is 3. The minimum Gasteiger partial charge on any atom is -0.491 e. The van der Waals surface area contributed by atoms with Gasteiger partial charge in [0.25, 0.3) is 0 Å². The van der Waals surface area contributed by atoms with Crippen molar-refractivity contribution in [3.05, 3.63) is 115 Å². The van der Waals surface area contributed by atoms with Gasteiger partial charge in [0.1, 0.15) is 30.9 Å². The van der Waals surface area contributed by atoms with Gasteiger partial charge in [0.05, 0.1) is 31.2 Å². The SMILES string of the molecule is CCn1c2ccccc2c2cc(-c3nc(-c4ccc(N5CCN(C)CC5)cc4)c(-c4ccc(N5CCN(C)CC5)cc4)n3-c3ccc(OCCOCCO[C@@H]4O[C@H](COC(C)=O)[C@@H](OC(C)=O)[C@H](OC(C)=O)[C@H]4OC(C)=O)cc3)ccc21. The maximum absolute atomic E-state index is 12.3. The quantitative estimate of drug-likeness (QED) is 0.0407. The highest BCUT2D eigenvalue weighted by Crippen LogP contribution is 2.42. The summed E-state index contributed by atoms with van der Waals surface area (Å²) in [5.41, 5.74) is 10.5. The number of carbonyl (C=O) groups excluding carboxylic acids is 4. The predicted octanol–water partition coefficient (Wildman–Crippen LogP) is 8.00. The van der Waals surface area contributed by atoms with E-state index in [9.17, 15) is 19.2 Å². The van der Waals surface area contributed by atoms with Gasteiger partial charge in [-0.1, -0.05) is 42.5 Å². The van der Waals surface area contributed by atoms with Crippen molar-refractivity contribution in [3.63, 3.8) is 0 Å². The number of hydrogen-bond donors (Lipinski definition) is 0. The van der Waals surface area contributed by atoms with E-state index in [1.807, 2.05) is 12.1 Å². The second-order valence-corrected chi connectivity index (χ2v) is 21.0. The van der Waals surface area contributed by atoms with E-state index in [2.05, 4.69) is 153 Å². The van der Waals surface area contributed by atoms with Crippen molar-refractivity contribution >= 4 is 57.1 Å². The van der Waals surface area contributed by atoms with Gasteiger partial charge in [-0.2, -0.15) is 0 Å². The van der Waals surface area contributed by atoms with Gasteiger partial charge in [0, 0.05) is 142 Å². The first-order chi connectivity index (χ1) is 39.7. The molecule has 0 aliphatic carbocycles. The molecule has 0 bridgehead atoms. The molecule has 82 heavy (non-hydrogen) atoms. The maximum atomic E-state index is 12.3. The van der Waals surface area contributed by atoms with Crippen LogP contribution >= 0.6 is 0 Å². The van der Waals surface area contributed by atoms with Gasteiger partial charge in [0.15, 0.2) is 24.6 Å². The van der Waals surface area contributed by atoms with Crippen LogP contribution in [0.4, 0.5) is 11.4 Å². The Morgan fingerprint density at radius 1 is 0.561 bits per heavy atom. The summed E-state index contributed by atoms with van der Waals surface area (Å²) >= 11 is 0. The van der Waals surface area contributed by atoms with Gasteiger partial charge in [0.2, 0.25) is 0 Å². The van der Waals surface area contributed by atoms with E-state index in [-0.39, 0.29) is 33.0 Å². The molecule has 3 aliphatic rings. The highest BCUT2D eigenvalue weighted by molar-refractivity contribution is 6.09. The number of imidazole rings is 1. The molecule has 0 saturated carbocycles. The number of rotatable bonds is 20. The van der Waals surface area contributed by atoms with Crippen LogP contribution in [0.15, 0.2) is 115 Å². The molecular weight excluding hydrogens is 1050 g/mol. The minimum atomic E-state index is -1.34. The second-order valence-electron chi connectivity index (χ2n) is 21.0. The smallest absolute Gasteiger partial charge is 0.303 e. The topological polar surface area (TPSA) is 178 Å². The summed E-state index contributed by atoms with van der Waals surface area (Å²) in [7, 11) is 4.35. The van der Waals surface area contributed by atoms with Gasteiger partial charge in [-0.05, 0) is 93.8 Å². The van der Waals surface area contributed by atoms with Gasteiger partial charge < -0.3 is 62.1 Å². The third kappa shape index (κ3) is 13.1. The van der Waals surface area contributed by atoms with Crippen molar-refractivity contribution in [3.8, 4) is 45.3 Å². The lowest BCUT2D eigenvalue weighted by Gasteiger charge is -2.44. The van der Waals surface area contributed by atoms with E-state index in [4.69, 9.17) is 42.9 Å². The Morgan fingerprint density at radius 3 is 1.72 bits per heavy atom. The predicted molar refractivity (Wildman–Crippen MR) is 312 cm³/mol. The number of likely N-dealkylation sites (N-methyl/N-ethyl adjacent to an activating group) is 2. The number of anilines is 2. The third-order valence-electron chi connectivity index (χ3n) is 15.3. The molecule has 5 aromatic carbocycles. The molecule has 10 rings (SSSR count). The van der Waals surface area contributed by atoms with Crippen LogP contribution in [-0.4, -0.2) is 178 Å². The van der Waals surface area contributed by atoms with Gasteiger partial charge in [-0.15, -0.1) is 0 Å². The average molecular weight is 1120 g/mol. The zero-order valence-electron chi connectivity index (χ0n) is 47.8. The van der Waals surface area contributed by atoms with Crippen LogP contribution in [0.2, 0.25) is 0 Å². The molecule has 5 atom stereocenters. The molecule has 432 valence electrons. The Bertz CT molecular complexity index is 3350. The summed E-state index contributed by atoms with van der Waals surface area (Å²) in [6.07, 6.45) is -6.41. The van der Waals surface area contributed by atoms with Crippen LogP contribution in [0.1, 0.15) is 34.6 Å². The number of esters is 4. The fraction of sp³-hybridized carbons (Fsp3) is 0.413. The number of para-hydroxylation sites is 1.